The Balaban J connectivity index is 5.16. The predicted molar refractivity (Wildman–Crippen MR) is 83.7 cm³/mol. The normalized spacial score (nSPS) is 15.4. The second kappa shape index (κ2) is 4.58. The molecule has 2 nitrogen and oxygen atoms in total. The van der Waals surface area contributed by atoms with Gasteiger partial charge in [-0.05, 0) is 0 Å². The minimum atomic E-state index is -1.20. The van der Waals surface area contributed by atoms with Gasteiger partial charge in [0, 0.05) is 0 Å². The van der Waals surface area contributed by atoms with Gasteiger partial charge in [0.05, 0.1) is 10.4 Å². The first-order chi connectivity index (χ1) is 6.28. The number of hydrazine groups is 1. The standard InChI is InChI=1S/C9H30N2Si4/c1-13(2,3)10(12)11(14(4,5)6)15(7,8)9/h1-9,12H3. The Morgan fingerprint density at radius 1 is 0.600 bits per heavy atom. The van der Waals surface area contributed by atoms with Crippen molar-refractivity contribution in [2.24, 2.45) is 0 Å². The van der Waals surface area contributed by atoms with E-state index >= 15 is 0 Å². The summed E-state index contributed by atoms with van der Waals surface area (Å²) in [7, 11) is -2.38. The molecule has 0 N–H and O–H groups in total. The van der Waals surface area contributed by atoms with Crippen molar-refractivity contribution in [1.29, 1.82) is 0 Å². The molecule has 0 atom stereocenters. The first-order valence-corrected chi connectivity index (χ1v) is 17.1. The van der Waals surface area contributed by atoms with Crippen LogP contribution in [0.3, 0.4) is 0 Å². The van der Waals surface area contributed by atoms with E-state index in [2.05, 4.69) is 67.6 Å². The van der Waals surface area contributed by atoms with Gasteiger partial charge in [-0.25, -0.2) is 0 Å². The smallest absolute Gasteiger partial charge is 0.126 e. The van der Waals surface area contributed by atoms with Crippen LogP contribution in [0.25, 0.3) is 0 Å². The SMILES string of the molecule is C[Si](C)(C)N([SiH3])N([Si](C)(C)C)[Si](C)(C)C. The molecule has 0 saturated carbocycles. The van der Waals surface area contributed by atoms with E-state index in [1.165, 1.54) is 10.4 Å². The zero-order valence-corrected chi connectivity index (χ0v) is 17.4. The summed E-state index contributed by atoms with van der Waals surface area (Å²) in [6.45, 7) is 22.3. The van der Waals surface area contributed by atoms with E-state index in [-0.39, 0.29) is 0 Å². The Bertz CT molecular complexity index is 198. The summed E-state index contributed by atoms with van der Waals surface area (Å²) in [4.78, 5) is 0. The van der Waals surface area contributed by atoms with Gasteiger partial charge < -0.3 is 4.34 Å². The molecule has 92 valence electrons. The fourth-order valence-corrected chi connectivity index (χ4v) is 19.9. The summed E-state index contributed by atoms with van der Waals surface area (Å²) in [5.41, 5.74) is 0. The molecule has 15 heavy (non-hydrogen) atoms. The zero-order valence-electron chi connectivity index (χ0n) is 12.4. The van der Waals surface area contributed by atoms with Gasteiger partial charge >= 0.3 is 0 Å². The maximum atomic E-state index is 2.86. The summed E-state index contributed by atoms with van der Waals surface area (Å²) in [5, 5.41) is 0. The van der Waals surface area contributed by atoms with Crippen LogP contribution in [0.1, 0.15) is 0 Å². The molecule has 0 aromatic heterocycles. The Kier molecular flexibility index (Phi) is 4.82. The van der Waals surface area contributed by atoms with Crippen LogP contribution in [0.4, 0.5) is 0 Å². The van der Waals surface area contributed by atoms with Gasteiger partial charge in [-0.2, -0.15) is 0 Å². The largest absolute Gasteiger partial charge is 0.305 e. The van der Waals surface area contributed by atoms with Gasteiger partial charge in [-0.15, -0.1) is 0 Å². The molecule has 0 fully saturated rings. The molecule has 0 aromatic rings. The number of nitrogens with zero attached hydrogens (tertiary/aromatic N) is 2. The molecule has 0 bridgehead atoms. The molecular weight excluding hydrogens is 248 g/mol. The van der Waals surface area contributed by atoms with E-state index in [0.717, 1.165) is 0 Å². The molecule has 0 aliphatic carbocycles. The van der Waals surface area contributed by atoms with Crippen LogP contribution in [0.2, 0.25) is 58.9 Å². The summed E-state index contributed by atoms with van der Waals surface area (Å²) in [6.07, 6.45) is 0. The van der Waals surface area contributed by atoms with Crippen molar-refractivity contribution in [3.05, 3.63) is 0 Å². The van der Waals surface area contributed by atoms with Gasteiger partial charge in [0.15, 0.2) is 0 Å². The maximum Gasteiger partial charge on any atom is 0.126 e. The van der Waals surface area contributed by atoms with Gasteiger partial charge in [0.1, 0.15) is 24.7 Å². The second-order valence-corrected chi connectivity index (χ2v) is 24.1. The summed E-state index contributed by atoms with van der Waals surface area (Å²) >= 11 is 0. The third kappa shape index (κ3) is 4.66. The molecular formula is C9H30N2Si4. The number of hydrogen-bond donors (Lipinski definition) is 0. The number of rotatable bonds is 4. The summed E-state index contributed by atoms with van der Waals surface area (Å²) in [5.74, 6) is 0. The molecule has 0 saturated heterocycles. The molecule has 0 unspecified atom stereocenters. The van der Waals surface area contributed by atoms with Crippen LogP contribution < -0.4 is 0 Å². The fourth-order valence-electron chi connectivity index (χ4n) is 2.21. The lowest BCUT2D eigenvalue weighted by molar-refractivity contribution is 0.379. The number of hydrogen-bond acceptors (Lipinski definition) is 2. The van der Waals surface area contributed by atoms with Crippen molar-refractivity contribution < 1.29 is 0 Å². The fraction of sp³-hybridized carbons (Fsp3) is 1.00. The lowest BCUT2D eigenvalue weighted by Gasteiger charge is -2.53. The van der Waals surface area contributed by atoms with E-state index < -0.39 is 24.7 Å². The molecule has 0 aliphatic heterocycles. The second-order valence-electron chi connectivity index (χ2n) is 7.35. The highest BCUT2D eigenvalue weighted by atomic mass is 28.4. The predicted octanol–water partition coefficient (Wildman–Crippen LogP) is 2.29. The molecule has 0 radical (unpaired) electrons. The van der Waals surface area contributed by atoms with Crippen LogP contribution in [0, 0.1) is 0 Å². The summed E-state index contributed by atoms with van der Waals surface area (Å²) < 4.78 is 5.61. The van der Waals surface area contributed by atoms with E-state index in [9.17, 15) is 0 Å². The van der Waals surface area contributed by atoms with Crippen molar-refractivity contribution in [2.45, 2.75) is 58.9 Å². The van der Waals surface area contributed by atoms with Gasteiger partial charge in [0.25, 0.3) is 0 Å². The molecule has 0 rings (SSSR count). The van der Waals surface area contributed by atoms with Crippen LogP contribution in [-0.2, 0) is 0 Å². The van der Waals surface area contributed by atoms with Crippen LogP contribution >= 0.6 is 0 Å². The highest BCUT2D eigenvalue weighted by Crippen LogP contribution is 2.24. The summed E-state index contributed by atoms with van der Waals surface area (Å²) in [6, 6.07) is 0. The highest BCUT2D eigenvalue weighted by molar-refractivity contribution is 6.91. The minimum absolute atomic E-state index is 1.15. The molecule has 0 spiro atoms. The van der Waals surface area contributed by atoms with E-state index in [4.69, 9.17) is 0 Å². The van der Waals surface area contributed by atoms with Crippen LogP contribution in [-0.4, -0.2) is 43.8 Å². The molecule has 6 heteroatoms. The average molecular weight is 279 g/mol. The average Bonchev–Trinajstić information content (AvgIpc) is 1.76. The van der Waals surface area contributed by atoms with Crippen molar-refractivity contribution >= 4 is 35.1 Å². The third-order valence-corrected chi connectivity index (χ3v) is 17.5. The monoisotopic (exact) mass is 278 g/mol. The van der Waals surface area contributed by atoms with Gasteiger partial charge in [-0.1, -0.05) is 58.9 Å². The first-order valence-electron chi connectivity index (χ1n) is 5.82. The molecule has 0 amide bonds. The maximum absolute atomic E-state index is 2.86. The topological polar surface area (TPSA) is 6.48 Å². The van der Waals surface area contributed by atoms with E-state index in [1.54, 1.807) is 0 Å². The zero-order chi connectivity index (χ0) is 12.7. The van der Waals surface area contributed by atoms with Crippen LogP contribution in [0.15, 0.2) is 0 Å². The Hall–Kier alpha value is 0.788. The molecule has 0 aromatic carbocycles. The van der Waals surface area contributed by atoms with E-state index in [0.29, 0.717) is 0 Å². The van der Waals surface area contributed by atoms with Gasteiger partial charge in [0.2, 0.25) is 0 Å². The molecule has 0 heterocycles. The highest BCUT2D eigenvalue weighted by Gasteiger charge is 2.40. The Morgan fingerprint density at radius 3 is 0.933 bits per heavy atom. The first kappa shape index (κ1) is 15.8. The Labute approximate surface area is 103 Å². The quantitative estimate of drug-likeness (QED) is 0.575. The van der Waals surface area contributed by atoms with Crippen molar-refractivity contribution in [1.82, 2.24) is 8.68 Å². The van der Waals surface area contributed by atoms with Crippen LogP contribution in [0.5, 0.6) is 0 Å². The van der Waals surface area contributed by atoms with Gasteiger partial charge in [-0.3, -0.25) is 4.34 Å². The minimum Gasteiger partial charge on any atom is -0.305 e. The van der Waals surface area contributed by atoms with Crippen molar-refractivity contribution in [3.8, 4) is 0 Å². The molecule has 0 aliphatic rings. The van der Waals surface area contributed by atoms with E-state index in [1.807, 2.05) is 0 Å². The van der Waals surface area contributed by atoms with Crippen molar-refractivity contribution in [2.75, 3.05) is 0 Å². The van der Waals surface area contributed by atoms with Crippen molar-refractivity contribution in [3.63, 3.8) is 0 Å². The lowest BCUT2D eigenvalue weighted by atomic mass is 11.8. The lowest BCUT2D eigenvalue weighted by Crippen LogP contribution is -2.70. The third-order valence-electron chi connectivity index (χ3n) is 2.54. The Morgan fingerprint density at radius 2 is 0.867 bits per heavy atom.